The van der Waals surface area contributed by atoms with Gasteiger partial charge in [0.25, 0.3) is 5.91 Å². The lowest BCUT2D eigenvalue weighted by Crippen LogP contribution is -2.41. The number of aliphatic carboxylic acids is 1. The number of carbonyl (C=O) groups excluding carboxylic acids is 1. The van der Waals surface area contributed by atoms with Crippen LogP contribution in [-0.4, -0.2) is 43.3 Å². The molecule has 2 unspecified atom stereocenters. The highest BCUT2D eigenvalue weighted by Crippen LogP contribution is 2.29. The van der Waals surface area contributed by atoms with Crippen molar-refractivity contribution >= 4 is 29.2 Å². The molecule has 1 aliphatic rings. The van der Waals surface area contributed by atoms with E-state index in [-0.39, 0.29) is 24.8 Å². The number of carboxylic acids is 1. The Balaban J connectivity index is 2.36. The summed E-state index contributed by atoms with van der Waals surface area (Å²) in [4.78, 5) is 24.4. The van der Waals surface area contributed by atoms with Crippen molar-refractivity contribution in [3.8, 4) is 0 Å². The SMILES string of the molecule is CN(c1ccc(Cl)cc1C(N)=O)C1COCC1C(=O)O. The molecule has 6 nitrogen and oxygen atoms in total. The number of rotatable bonds is 4. The molecule has 20 heavy (non-hydrogen) atoms. The minimum absolute atomic E-state index is 0.157. The Labute approximate surface area is 121 Å². The van der Waals surface area contributed by atoms with Crippen LogP contribution in [0.15, 0.2) is 18.2 Å². The highest BCUT2D eigenvalue weighted by atomic mass is 35.5. The lowest BCUT2D eigenvalue weighted by molar-refractivity contribution is -0.141. The summed E-state index contributed by atoms with van der Waals surface area (Å²) in [6.07, 6.45) is 0. The molecule has 2 atom stereocenters. The molecule has 1 saturated heterocycles. The lowest BCUT2D eigenvalue weighted by Gasteiger charge is -2.29. The Hall–Kier alpha value is -1.79. The highest BCUT2D eigenvalue weighted by molar-refractivity contribution is 6.31. The van der Waals surface area contributed by atoms with Crippen LogP contribution in [0.1, 0.15) is 10.4 Å². The zero-order valence-electron chi connectivity index (χ0n) is 10.9. The molecule has 0 radical (unpaired) electrons. The number of primary amides is 1. The third kappa shape index (κ3) is 2.71. The van der Waals surface area contributed by atoms with Gasteiger partial charge in [-0.25, -0.2) is 0 Å². The predicted octanol–water partition coefficient (Wildman–Crippen LogP) is 0.975. The van der Waals surface area contributed by atoms with Crippen molar-refractivity contribution in [2.75, 3.05) is 25.2 Å². The molecule has 2 rings (SSSR count). The number of carboxylic acid groups (broad SMARTS) is 1. The van der Waals surface area contributed by atoms with Crippen LogP contribution in [0, 0.1) is 5.92 Å². The first-order valence-corrected chi connectivity index (χ1v) is 6.42. The molecule has 0 aliphatic carbocycles. The number of benzene rings is 1. The Morgan fingerprint density at radius 3 is 2.75 bits per heavy atom. The maximum Gasteiger partial charge on any atom is 0.311 e. The first-order valence-electron chi connectivity index (χ1n) is 6.04. The van der Waals surface area contributed by atoms with E-state index in [2.05, 4.69) is 0 Å². The van der Waals surface area contributed by atoms with E-state index in [0.29, 0.717) is 10.7 Å². The van der Waals surface area contributed by atoms with E-state index in [9.17, 15) is 14.7 Å². The second kappa shape index (κ2) is 5.68. The summed E-state index contributed by atoms with van der Waals surface area (Å²) >= 11 is 5.86. The van der Waals surface area contributed by atoms with Crippen LogP contribution in [0.2, 0.25) is 5.02 Å². The molecule has 1 fully saturated rings. The largest absolute Gasteiger partial charge is 0.481 e. The average Bonchev–Trinajstić information content (AvgIpc) is 2.87. The Kier molecular flexibility index (Phi) is 4.15. The number of hydrogen-bond acceptors (Lipinski definition) is 4. The fourth-order valence-corrected chi connectivity index (χ4v) is 2.52. The fourth-order valence-electron chi connectivity index (χ4n) is 2.35. The summed E-state index contributed by atoms with van der Waals surface area (Å²) in [7, 11) is 1.71. The third-order valence-electron chi connectivity index (χ3n) is 3.47. The van der Waals surface area contributed by atoms with Crippen molar-refractivity contribution in [3.63, 3.8) is 0 Å². The molecule has 3 N–H and O–H groups in total. The second-order valence-corrected chi connectivity index (χ2v) is 5.12. The number of likely N-dealkylation sites (N-methyl/N-ethyl adjacent to an activating group) is 1. The van der Waals surface area contributed by atoms with Crippen molar-refractivity contribution in [3.05, 3.63) is 28.8 Å². The van der Waals surface area contributed by atoms with Gasteiger partial charge in [-0.2, -0.15) is 0 Å². The first-order chi connectivity index (χ1) is 9.41. The van der Waals surface area contributed by atoms with E-state index in [0.717, 1.165) is 0 Å². The Morgan fingerprint density at radius 1 is 1.45 bits per heavy atom. The van der Waals surface area contributed by atoms with Gasteiger partial charge in [0.05, 0.1) is 24.8 Å². The lowest BCUT2D eigenvalue weighted by atomic mass is 10.0. The summed E-state index contributed by atoms with van der Waals surface area (Å²) in [5.74, 6) is -2.18. The quantitative estimate of drug-likeness (QED) is 0.864. The maximum atomic E-state index is 11.5. The van der Waals surface area contributed by atoms with Gasteiger partial charge in [0.15, 0.2) is 0 Å². The minimum Gasteiger partial charge on any atom is -0.481 e. The molecule has 1 aromatic rings. The summed E-state index contributed by atoms with van der Waals surface area (Å²) < 4.78 is 5.23. The number of halogens is 1. The van der Waals surface area contributed by atoms with Gasteiger partial charge in [0.1, 0.15) is 5.92 Å². The third-order valence-corrected chi connectivity index (χ3v) is 3.70. The number of nitrogens with two attached hydrogens (primary N) is 1. The second-order valence-electron chi connectivity index (χ2n) is 4.69. The molecule has 0 bridgehead atoms. The zero-order valence-corrected chi connectivity index (χ0v) is 11.6. The van der Waals surface area contributed by atoms with E-state index < -0.39 is 17.8 Å². The number of anilines is 1. The van der Waals surface area contributed by atoms with Crippen LogP contribution in [0.4, 0.5) is 5.69 Å². The molecule has 108 valence electrons. The summed E-state index contributed by atoms with van der Waals surface area (Å²) in [6.45, 7) is 0.443. The Morgan fingerprint density at radius 2 is 2.15 bits per heavy atom. The molecule has 7 heteroatoms. The van der Waals surface area contributed by atoms with E-state index >= 15 is 0 Å². The van der Waals surface area contributed by atoms with Crippen LogP contribution in [0.5, 0.6) is 0 Å². The van der Waals surface area contributed by atoms with Crippen LogP contribution in [0.3, 0.4) is 0 Å². The number of hydrogen-bond donors (Lipinski definition) is 2. The molecule has 0 spiro atoms. The van der Waals surface area contributed by atoms with Gasteiger partial charge in [0.2, 0.25) is 0 Å². The van der Waals surface area contributed by atoms with E-state index in [1.165, 1.54) is 6.07 Å². The van der Waals surface area contributed by atoms with Crippen LogP contribution >= 0.6 is 11.6 Å². The van der Waals surface area contributed by atoms with Gasteiger partial charge >= 0.3 is 5.97 Å². The van der Waals surface area contributed by atoms with Crippen LogP contribution in [0.25, 0.3) is 0 Å². The standard InChI is InChI=1S/C13H15ClN2O4/c1-16(11-6-20-5-9(11)13(18)19)10-3-2-7(14)4-8(10)12(15)17/h2-4,9,11H,5-6H2,1H3,(H2,15,17)(H,18,19). The van der Waals surface area contributed by atoms with Gasteiger partial charge in [0, 0.05) is 17.8 Å². The van der Waals surface area contributed by atoms with Crippen LogP contribution in [-0.2, 0) is 9.53 Å². The molecule has 1 aliphatic heterocycles. The van der Waals surface area contributed by atoms with Crippen molar-refractivity contribution in [1.82, 2.24) is 0 Å². The highest BCUT2D eigenvalue weighted by Gasteiger charge is 2.37. The van der Waals surface area contributed by atoms with Gasteiger partial charge < -0.3 is 20.5 Å². The monoisotopic (exact) mass is 298 g/mol. The van der Waals surface area contributed by atoms with Crippen molar-refractivity contribution in [2.45, 2.75) is 6.04 Å². The number of ether oxygens (including phenoxy) is 1. The smallest absolute Gasteiger partial charge is 0.311 e. The van der Waals surface area contributed by atoms with Crippen molar-refractivity contribution in [2.24, 2.45) is 11.7 Å². The van der Waals surface area contributed by atoms with E-state index in [4.69, 9.17) is 22.1 Å². The molecule has 1 aromatic carbocycles. The molecular formula is C13H15ClN2O4. The normalized spacial score (nSPS) is 21.7. The summed E-state index contributed by atoms with van der Waals surface area (Å²) in [5.41, 5.74) is 6.15. The van der Waals surface area contributed by atoms with Gasteiger partial charge in [-0.3, -0.25) is 9.59 Å². The number of carbonyl (C=O) groups is 2. The predicted molar refractivity (Wildman–Crippen MR) is 74.1 cm³/mol. The van der Waals surface area contributed by atoms with Crippen molar-refractivity contribution < 1.29 is 19.4 Å². The number of amides is 1. The van der Waals surface area contributed by atoms with E-state index in [1.807, 2.05) is 0 Å². The summed E-state index contributed by atoms with van der Waals surface area (Å²) in [5, 5.41) is 9.58. The fraction of sp³-hybridized carbons (Fsp3) is 0.385. The Bertz CT molecular complexity index is 549. The van der Waals surface area contributed by atoms with Gasteiger partial charge in [-0.05, 0) is 18.2 Å². The molecular weight excluding hydrogens is 284 g/mol. The molecule has 1 heterocycles. The molecule has 0 aromatic heterocycles. The molecule has 1 amide bonds. The average molecular weight is 299 g/mol. The van der Waals surface area contributed by atoms with Gasteiger partial charge in [-0.1, -0.05) is 11.6 Å². The minimum atomic E-state index is -0.922. The first kappa shape index (κ1) is 14.6. The van der Waals surface area contributed by atoms with Crippen LogP contribution < -0.4 is 10.6 Å². The molecule has 0 saturated carbocycles. The summed E-state index contributed by atoms with van der Waals surface area (Å²) in [6, 6.07) is 4.40. The number of nitrogens with zero attached hydrogens (tertiary/aromatic N) is 1. The topological polar surface area (TPSA) is 92.9 Å². The maximum absolute atomic E-state index is 11.5. The van der Waals surface area contributed by atoms with Gasteiger partial charge in [-0.15, -0.1) is 0 Å². The van der Waals surface area contributed by atoms with E-state index in [1.54, 1.807) is 24.1 Å². The van der Waals surface area contributed by atoms with Crippen molar-refractivity contribution in [1.29, 1.82) is 0 Å². The zero-order chi connectivity index (χ0) is 14.9.